The minimum Gasteiger partial charge on any atom is -0.465 e. The molecule has 0 aliphatic carbocycles. The number of morpholine rings is 1. The molecule has 6 heteroatoms. The van der Waals surface area contributed by atoms with Gasteiger partial charge in [0, 0.05) is 31.0 Å². The van der Waals surface area contributed by atoms with Crippen molar-refractivity contribution in [3.63, 3.8) is 0 Å². The third-order valence-electron chi connectivity index (χ3n) is 3.73. The lowest BCUT2D eigenvalue weighted by Crippen LogP contribution is -2.37. The number of carbonyl (C=O) groups excluding carboxylic acids is 1. The minimum absolute atomic E-state index is 0.344. The Bertz CT molecular complexity index is 723. The fraction of sp³-hybridized carbons (Fsp3) is 0.278. The summed E-state index contributed by atoms with van der Waals surface area (Å²) >= 11 is 0. The molecule has 0 spiro atoms. The second kappa shape index (κ2) is 7.70. The van der Waals surface area contributed by atoms with Gasteiger partial charge in [0.05, 0.1) is 25.9 Å². The van der Waals surface area contributed by atoms with Crippen molar-refractivity contribution in [2.45, 2.75) is 0 Å². The zero-order chi connectivity index (χ0) is 16.8. The number of hydrogen-bond donors (Lipinski definition) is 0. The molecule has 6 nitrogen and oxygen atoms in total. The van der Waals surface area contributed by atoms with Gasteiger partial charge in [0.15, 0.2) is 0 Å². The number of carbonyl (C=O) groups is 1. The van der Waals surface area contributed by atoms with Gasteiger partial charge in [-0.15, -0.1) is 0 Å². The van der Waals surface area contributed by atoms with Crippen LogP contribution in [-0.4, -0.2) is 49.4 Å². The van der Waals surface area contributed by atoms with E-state index in [1.807, 2.05) is 24.3 Å². The molecule has 1 saturated heterocycles. The molecule has 0 N–H and O–H groups in total. The molecule has 1 aliphatic rings. The van der Waals surface area contributed by atoms with E-state index in [1.165, 1.54) is 7.11 Å². The molecule has 1 aromatic heterocycles. The number of ether oxygens (including phenoxy) is 2. The van der Waals surface area contributed by atoms with Crippen LogP contribution >= 0.6 is 0 Å². The van der Waals surface area contributed by atoms with E-state index in [9.17, 15) is 4.79 Å². The summed E-state index contributed by atoms with van der Waals surface area (Å²) in [4.78, 5) is 22.5. The molecule has 2 heterocycles. The number of aromatic nitrogens is 2. The molecular formula is C18H19N3O3. The fourth-order valence-electron chi connectivity index (χ4n) is 2.42. The summed E-state index contributed by atoms with van der Waals surface area (Å²) in [5, 5.41) is 0. The van der Waals surface area contributed by atoms with Gasteiger partial charge in [-0.25, -0.2) is 14.8 Å². The lowest BCUT2D eigenvalue weighted by atomic mass is 10.1. The Labute approximate surface area is 140 Å². The van der Waals surface area contributed by atoms with E-state index in [0.717, 1.165) is 30.2 Å². The second-order valence-electron chi connectivity index (χ2n) is 5.37. The highest BCUT2D eigenvalue weighted by Crippen LogP contribution is 2.13. The quantitative estimate of drug-likeness (QED) is 0.804. The first-order valence-electron chi connectivity index (χ1n) is 7.77. The predicted molar refractivity (Wildman–Crippen MR) is 91.8 cm³/mol. The van der Waals surface area contributed by atoms with Crippen LogP contribution in [0.3, 0.4) is 0 Å². The molecule has 0 radical (unpaired) electrons. The molecule has 1 aliphatic heterocycles. The molecule has 0 saturated carbocycles. The summed E-state index contributed by atoms with van der Waals surface area (Å²) in [5.74, 6) is 0.381. The first-order valence-corrected chi connectivity index (χ1v) is 7.77. The van der Waals surface area contributed by atoms with Gasteiger partial charge < -0.3 is 14.4 Å². The van der Waals surface area contributed by atoms with Crippen LogP contribution in [0.15, 0.2) is 36.7 Å². The summed E-state index contributed by atoms with van der Waals surface area (Å²) in [5.41, 5.74) is 2.34. The van der Waals surface area contributed by atoms with Gasteiger partial charge in [-0.05, 0) is 17.7 Å². The third-order valence-corrected chi connectivity index (χ3v) is 3.73. The van der Waals surface area contributed by atoms with Crippen LogP contribution in [-0.2, 0) is 9.47 Å². The van der Waals surface area contributed by atoms with Gasteiger partial charge in [0.1, 0.15) is 0 Å². The smallest absolute Gasteiger partial charge is 0.337 e. The van der Waals surface area contributed by atoms with E-state index >= 15 is 0 Å². The topological polar surface area (TPSA) is 64.5 Å². The number of methoxy groups -OCH3 is 1. The Kier molecular flexibility index (Phi) is 5.18. The Hall–Kier alpha value is -2.73. The number of hydrogen-bond acceptors (Lipinski definition) is 6. The average Bonchev–Trinajstić information content (AvgIpc) is 2.67. The van der Waals surface area contributed by atoms with Gasteiger partial charge in [-0.2, -0.15) is 0 Å². The zero-order valence-corrected chi connectivity index (χ0v) is 13.5. The van der Waals surface area contributed by atoms with Crippen LogP contribution in [0.1, 0.15) is 21.5 Å². The molecule has 1 fully saturated rings. The molecule has 0 atom stereocenters. The molecule has 24 heavy (non-hydrogen) atoms. The van der Waals surface area contributed by atoms with Crippen LogP contribution < -0.4 is 4.90 Å². The van der Waals surface area contributed by atoms with Gasteiger partial charge in [-0.3, -0.25) is 0 Å². The summed E-state index contributed by atoms with van der Waals surface area (Å²) in [6.07, 6.45) is 7.41. The van der Waals surface area contributed by atoms with E-state index in [1.54, 1.807) is 24.5 Å². The lowest BCUT2D eigenvalue weighted by molar-refractivity contribution is 0.0600. The molecule has 0 bridgehead atoms. The Balaban J connectivity index is 1.69. The van der Waals surface area contributed by atoms with Crippen LogP contribution in [0.5, 0.6) is 0 Å². The van der Waals surface area contributed by atoms with Crippen molar-refractivity contribution >= 4 is 24.1 Å². The Morgan fingerprint density at radius 1 is 1.17 bits per heavy atom. The second-order valence-corrected chi connectivity index (χ2v) is 5.37. The van der Waals surface area contributed by atoms with Gasteiger partial charge in [0.2, 0.25) is 5.95 Å². The Morgan fingerprint density at radius 3 is 2.58 bits per heavy atom. The van der Waals surface area contributed by atoms with Crippen LogP contribution in [0.2, 0.25) is 0 Å². The number of esters is 1. The van der Waals surface area contributed by atoms with Gasteiger partial charge in [-0.1, -0.05) is 24.3 Å². The molecule has 0 amide bonds. The van der Waals surface area contributed by atoms with Crippen LogP contribution in [0.25, 0.3) is 12.2 Å². The fourth-order valence-corrected chi connectivity index (χ4v) is 2.42. The van der Waals surface area contributed by atoms with Crippen molar-refractivity contribution in [3.8, 4) is 0 Å². The van der Waals surface area contributed by atoms with Crippen molar-refractivity contribution in [1.82, 2.24) is 9.97 Å². The number of benzene rings is 1. The van der Waals surface area contributed by atoms with Crippen molar-refractivity contribution in [2.24, 2.45) is 0 Å². The van der Waals surface area contributed by atoms with Crippen molar-refractivity contribution in [1.29, 1.82) is 0 Å². The van der Waals surface area contributed by atoms with Crippen molar-refractivity contribution in [2.75, 3.05) is 38.3 Å². The normalized spacial score (nSPS) is 14.8. The number of nitrogens with zero attached hydrogens (tertiary/aromatic N) is 3. The third kappa shape index (κ3) is 3.97. The van der Waals surface area contributed by atoms with Crippen molar-refractivity contribution < 1.29 is 14.3 Å². The van der Waals surface area contributed by atoms with Gasteiger partial charge >= 0.3 is 5.97 Å². The molecule has 1 aromatic carbocycles. The van der Waals surface area contributed by atoms with Crippen LogP contribution in [0.4, 0.5) is 5.95 Å². The van der Waals surface area contributed by atoms with Crippen LogP contribution in [0, 0.1) is 0 Å². The van der Waals surface area contributed by atoms with E-state index in [-0.39, 0.29) is 5.97 Å². The predicted octanol–water partition coefficient (Wildman–Crippen LogP) is 2.27. The average molecular weight is 325 g/mol. The number of rotatable bonds is 4. The summed E-state index contributed by atoms with van der Waals surface area (Å²) < 4.78 is 10.1. The van der Waals surface area contributed by atoms with E-state index in [4.69, 9.17) is 9.47 Å². The molecule has 0 unspecified atom stereocenters. The lowest BCUT2D eigenvalue weighted by Gasteiger charge is -2.26. The highest BCUT2D eigenvalue weighted by Gasteiger charge is 2.12. The molecule has 3 rings (SSSR count). The maximum atomic E-state index is 11.5. The molecular weight excluding hydrogens is 306 g/mol. The largest absolute Gasteiger partial charge is 0.465 e. The van der Waals surface area contributed by atoms with Gasteiger partial charge in [0.25, 0.3) is 0 Å². The first kappa shape index (κ1) is 16.1. The maximum Gasteiger partial charge on any atom is 0.337 e. The monoisotopic (exact) mass is 325 g/mol. The Morgan fingerprint density at radius 2 is 1.88 bits per heavy atom. The highest BCUT2D eigenvalue weighted by molar-refractivity contribution is 5.90. The summed E-state index contributed by atoms with van der Waals surface area (Å²) in [6, 6.07) is 7.25. The summed E-state index contributed by atoms with van der Waals surface area (Å²) in [6.45, 7) is 3.05. The van der Waals surface area contributed by atoms with E-state index in [2.05, 4.69) is 14.9 Å². The van der Waals surface area contributed by atoms with Crippen molar-refractivity contribution in [3.05, 3.63) is 53.3 Å². The van der Waals surface area contributed by atoms with E-state index < -0.39 is 0 Å². The maximum absolute atomic E-state index is 11.5. The van der Waals surface area contributed by atoms with E-state index in [0.29, 0.717) is 18.8 Å². The highest BCUT2D eigenvalue weighted by atomic mass is 16.5. The number of anilines is 1. The molecule has 124 valence electrons. The molecule has 2 aromatic rings. The zero-order valence-electron chi connectivity index (χ0n) is 13.5. The first-order chi connectivity index (χ1) is 11.8. The minimum atomic E-state index is -0.344. The SMILES string of the molecule is COC(=O)c1cccc(C=Cc2cnc(N3CCOCC3)nc2)c1. The standard InChI is InChI=1S/C18H19N3O3/c1-23-17(22)16-4-2-3-14(11-16)5-6-15-12-19-18(20-13-15)21-7-9-24-10-8-21/h2-6,11-13H,7-10H2,1H3. The summed E-state index contributed by atoms with van der Waals surface area (Å²) in [7, 11) is 1.37.